The number of sulfonamides is 1. The molecule has 1 aliphatic carbocycles. The predicted molar refractivity (Wildman–Crippen MR) is 79.1 cm³/mol. The van der Waals surface area contributed by atoms with Gasteiger partial charge in [0.25, 0.3) is 0 Å². The Morgan fingerprint density at radius 1 is 1.15 bits per heavy atom. The number of hydrogen-bond acceptors (Lipinski definition) is 3. The third kappa shape index (κ3) is 3.22. The Kier molecular flexibility index (Phi) is 3.84. The molecule has 0 radical (unpaired) electrons. The van der Waals surface area contributed by atoms with E-state index in [-0.39, 0.29) is 6.04 Å². The van der Waals surface area contributed by atoms with E-state index in [0.717, 1.165) is 37.5 Å². The molecule has 0 spiro atoms. The number of piperidine rings is 1. The van der Waals surface area contributed by atoms with Crippen LogP contribution < -0.4 is 4.72 Å². The maximum absolute atomic E-state index is 12.4. The van der Waals surface area contributed by atoms with E-state index in [1.165, 1.54) is 12.8 Å². The number of likely N-dealkylation sites (tertiary alicyclic amines) is 1. The highest BCUT2D eigenvalue weighted by atomic mass is 32.2. The van der Waals surface area contributed by atoms with Crippen molar-refractivity contribution in [3.8, 4) is 0 Å². The van der Waals surface area contributed by atoms with E-state index in [9.17, 15) is 8.42 Å². The molecule has 1 saturated heterocycles. The highest BCUT2D eigenvalue weighted by molar-refractivity contribution is 7.89. The van der Waals surface area contributed by atoms with Gasteiger partial charge in [-0.1, -0.05) is 12.1 Å². The molecule has 0 aromatic heterocycles. The largest absolute Gasteiger partial charge is 0.300 e. The van der Waals surface area contributed by atoms with Crippen molar-refractivity contribution < 1.29 is 8.42 Å². The smallest absolute Gasteiger partial charge is 0.240 e. The summed E-state index contributed by atoms with van der Waals surface area (Å²) in [4.78, 5) is 2.87. The minimum absolute atomic E-state index is 0.0792. The Bertz CT molecular complexity index is 573. The lowest BCUT2D eigenvalue weighted by molar-refractivity contribution is 0.199. The van der Waals surface area contributed by atoms with Gasteiger partial charge in [-0.2, -0.15) is 0 Å². The first-order chi connectivity index (χ1) is 9.54. The second-order valence-electron chi connectivity index (χ2n) is 5.98. The molecule has 0 atom stereocenters. The molecule has 0 unspecified atom stereocenters. The van der Waals surface area contributed by atoms with Crippen molar-refractivity contribution in [3.05, 3.63) is 29.8 Å². The minimum Gasteiger partial charge on any atom is -0.300 e. The van der Waals surface area contributed by atoms with Gasteiger partial charge >= 0.3 is 0 Å². The molecule has 1 saturated carbocycles. The van der Waals surface area contributed by atoms with Gasteiger partial charge in [0.05, 0.1) is 4.90 Å². The average molecular weight is 294 g/mol. The van der Waals surface area contributed by atoms with Crippen LogP contribution in [-0.4, -0.2) is 38.5 Å². The summed E-state index contributed by atoms with van der Waals surface area (Å²) in [7, 11) is -3.37. The average Bonchev–Trinajstić information content (AvgIpc) is 3.24. The van der Waals surface area contributed by atoms with E-state index in [2.05, 4.69) is 9.62 Å². The van der Waals surface area contributed by atoms with Crippen LogP contribution in [0, 0.1) is 6.92 Å². The second kappa shape index (κ2) is 5.47. The summed E-state index contributed by atoms with van der Waals surface area (Å²) in [6, 6.07) is 7.95. The molecule has 110 valence electrons. The van der Waals surface area contributed by atoms with Gasteiger partial charge in [0, 0.05) is 12.1 Å². The van der Waals surface area contributed by atoms with Crippen LogP contribution in [0.15, 0.2) is 29.2 Å². The number of nitrogens with zero attached hydrogens (tertiary/aromatic N) is 1. The molecular formula is C15H22N2O2S. The Hall–Kier alpha value is -0.910. The van der Waals surface area contributed by atoms with E-state index in [1.807, 2.05) is 13.0 Å². The standard InChI is InChI=1S/C15H22N2O2S/c1-12-3-2-4-15(11-12)20(18,19)16-13-7-9-17(10-8-13)14-5-6-14/h2-4,11,13-14,16H,5-10H2,1H3. The van der Waals surface area contributed by atoms with Crippen LogP contribution in [0.25, 0.3) is 0 Å². The van der Waals surface area contributed by atoms with Gasteiger partial charge in [-0.25, -0.2) is 13.1 Å². The Labute approximate surface area is 121 Å². The molecule has 0 bridgehead atoms. The third-order valence-electron chi connectivity index (χ3n) is 4.21. The molecule has 5 heteroatoms. The lowest BCUT2D eigenvalue weighted by Crippen LogP contribution is -2.45. The first kappa shape index (κ1) is 14.0. The van der Waals surface area contributed by atoms with Crippen molar-refractivity contribution in [1.82, 2.24) is 9.62 Å². The van der Waals surface area contributed by atoms with Gasteiger partial charge in [0.1, 0.15) is 0 Å². The molecule has 1 aliphatic heterocycles. The van der Waals surface area contributed by atoms with E-state index in [1.54, 1.807) is 18.2 Å². The fourth-order valence-corrected chi connectivity index (χ4v) is 4.30. The third-order valence-corrected chi connectivity index (χ3v) is 5.73. The summed E-state index contributed by atoms with van der Waals surface area (Å²) < 4.78 is 27.6. The fourth-order valence-electron chi connectivity index (χ4n) is 2.89. The number of rotatable bonds is 4. The Balaban J connectivity index is 1.62. The SMILES string of the molecule is Cc1cccc(S(=O)(=O)NC2CCN(C3CC3)CC2)c1. The maximum Gasteiger partial charge on any atom is 0.240 e. The lowest BCUT2D eigenvalue weighted by atomic mass is 10.1. The maximum atomic E-state index is 12.4. The topological polar surface area (TPSA) is 49.4 Å². The van der Waals surface area contributed by atoms with E-state index in [4.69, 9.17) is 0 Å². The monoisotopic (exact) mass is 294 g/mol. The predicted octanol–water partition coefficient (Wildman–Crippen LogP) is 1.90. The highest BCUT2D eigenvalue weighted by Crippen LogP contribution is 2.29. The number of aryl methyl sites for hydroxylation is 1. The minimum atomic E-state index is -3.37. The fraction of sp³-hybridized carbons (Fsp3) is 0.600. The van der Waals surface area contributed by atoms with Crippen molar-refractivity contribution >= 4 is 10.0 Å². The van der Waals surface area contributed by atoms with E-state index >= 15 is 0 Å². The summed E-state index contributed by atoms with van der Waals surface area (Å²) in [5.74, 6) is 0. The molecule has 20 heavy (non-hydrogen) atoms. The van der Waals surface area contributed by atoms with Crippen molar-refractivity contribution in [2.24, 2.45) is 0 Å². The molecule has 3 rings (SSSR count). The van der Waals surface area contributed by atoms with Crippen LogP contribution in [0.1, 0.15) is 31.2 Å². The molecular weight excluding hydrogens is 272 g/mol. The van der Waals surface area contributed by atoms with Crippen molar-refractivity contribution in [2.45, 2.75) is 49.6 Å². The van der Waals surface area contributed by atoms with Gasteiger partial charge in [-0.15, -0.1) is 0 Å². The van der Waals surface area contributed by atoms with Crippen molar-refractivity contribution in [1.29, 1.82) is 0 Å². The van der Waals surface area contributed by atoms with Crippen LogP contribution in [-0.2, 0) is 10.0 Å². The summed E-state index contributed by atoms with van der Waals surface area (Å²) in [6.45, 7) is 3.95. The summed E-state index contributed by atoms with van der Waals surface area (Å²) in [5.41, 5.74) is 0.969. The Morgan fingerprint density at radius 3 is 2.45 bits per heavy atom. The highest BCUT2D eigenvalue weighted by Gasteiger charge is 2.32. The quantitative estimate of drug-likeness (QED) is 0.922. The van der Waals surface area contributed by atoms with Gasteiger partial charge < -0.3 is 4.90 Å². The summed E-state index contributed by atoms with van der Waals surface area (Å²) in [5, 5.41) is 0. The first-order valence-corrected chi connectivity index (χ1v) is 8.86. The van der Waals surface area contributed by atoms with Gasteiger partial charge in [0.2, 0.25) is 10.0 Å². The molecule has 4 nitrogen and oxygen atoms in total. The van der Waals surface area contributed by atoms with Crippen LogP contribution in [0.2, 0.25) is 0 Å². The number of benzene rings is 1. The zero-order chi connectivity index (χ0) is 14.2. The molecule has 1 aromatic carbocycles. The van der Waals surface area contributed by atoms with Crippen molar-refractivity contribution in [3.63, 3.8) is 0 Å². The summed E-state index contributed by atoms with van der Waals surface area (Å²) in [6.07, 6.45) is 4.47. The molecule has 2 aliphatic rings. The second-order valence-corrected chi connectivity index (χ2v) is 7.69. The van der Waals surface area contributed by atoms with E-state index in [0.29, 0.717) is 4.90 Å². The zero-order valence-corrected chi connectivity index (χ0v) is 12.7. The van der Waals surface area contributed by atoms with Crippen molar-refractivity contribution in [2.75, 3.05) is 13.1 Å². The summed E-state index contributed by atoms with van der Waals surface area (Å²) >= 11 is 0. The van der Waals surface area contributed by atoms with Gasteiger partial charge in [0.15, 0.2) is 0 Å². The van der Waals surface area contributed by atoms with E-state index < -0.39 is 10.0 Å². The molecule has 0 amide bonds. The van der Waals surface area contributed by atoms with Crippen LogP contribution >= 0.6 is 0 Å². The first-order valence-electron chi connectivity index (χ1n) is 7.38. The molecule has 1 N–H and O–H groups in total. The lowest BCUT2D eigenvalue weighted by Gasteiger charge is -2.32. The number of hydrogen-bond donors (Lipinski definition) is 1. The molecule has 1 heterocycles. The van der Waals surface area contributed by atoms with Crippen LogP contribution in [0.5, 0.6) is 0 Å². The number of nitrogens with one attached hydrogen (secondary N) is 1. The van der Waals surface area contributed by atoms with Gasteiger partial charge in [-0.3, -0.25) is 0 Å². The van der Waals surface area contributed by atoms with Crippen LogP contribution in [0.4, 0.5) is 0 Å². The van der Waals surface area contributed by atoms with Gasteiger partial charge in [-0.05, 0) is 63.4 Å². The Morgan fingerprint density at radius 2 is 1.85 bits per heavy atom. The molecule has 2 fully saturated rings. The zero-order valence-electron chi connectivity index (χ0n) is 11.9. The molecule has 1 aromatic rings. The van der Waals surface area contributed by atoms with Crippen LogP contribution in [0.3, 0.4) is 0 Å². The normalized spacial score (nSPS) is 22.1.